The monoisotopic (exact) mass is 1670 g/mol. The topological polar surface area (TPSA) is 16.2 Å². The van der Waals surface area contributed by atoms with Gasteiger partial charge in [0.15, 0.2) is 0 Å². The molecule has 0 bridgehead atoms. The van der Waals surface area contributed by atoms with Gasteiger partial charge in [-0.05, 0) is 244 Å². The number of anilines is 13. The molecule has 1 spiro atoms. The van der Waals surface area contributed by atoms with E-state index in [-0.39, 0.29) is 27.1 Å². The second kappa shape index (κ2) is 34.4. The molecule has 638 valence electrons. The lowest BCUT2D eigenvalue weighted by molar-refractivity contribution is 0.631. The third-order valence-corrected chi connectivity index (χ3v) is 28.2. The molecule has 128 heavy (non-hydrogen) atoms. The van der Waals surface area contributed by atoms with E-state index >= 15 is 0 Å². The van der Waals surface area contributed by atoms with Crippen LogP contribution in [-0.4, -0.2) is 12.1 Å². The van der Waals surface area contributed by atoms with E-state index < -0.39 is 0 Å². The van der Waals surface area contributed by atoms with Crippen LogP contribution in [0.5, 0.6) is 0 Å². The van der Waals surface area contributed by atoms with Gasteiger partial charge in [0, 0.05) is 73.6 Å². The normalized spacial score (nSPS) is 15.0. The number of nitrogens with zero attached hydrogens (tertiary/aromatic N) is 5. The van der Waals surface area contributed by atoms with Gasteiger partial charge in [0.25, 0.3) is 0 Å². The molecule has 6 aliphatic rings. The highest BCUT2D eigenvalue weighted by molar-refractivity contribution is 5.95. The Morgan fingerprint density at radius 2 is 0.477 bits per heavy atom. The summed E-state index contributed by atoms with van der Waals surface area (Å²) in [5.74, 6) is 1.55. The molecule has 0 saturated carbocycles. The van der Waals surface area contributed by atoms with Crippen LogP contribution in [0.3, 0.4) is 0 Å². The predicted molar refractivity (Wildman–Crippen MR) is 545 cm³/mol. The summed E-state index contributed by atoms with van der Waals surface area (Å²) < 4.78 is 0. The zero-order chi connectivity index (χ0) is 89.1. The zero-order valence-electron chi connectivity index (χ0n) is 77.7. The van der Waals surface area contributed by atoms with Crippen molar-refractivity contribution >= 4 is 73.9 Å². The Bertz CT molecular complexity index is 6430. The fourth-order valence-electron chi connectivity index (χ4n) is 21.8. The van der Waals surface area contributed by atoms with Gasteiger partial charge in [0.1, 0.15) is 0 Å². The molecule has 0 unspecified atom stereocenters. The minimum atomic E-state index is -0.272. The van der Waals surface area contributed by atoms with Gasteiger partial charge >= 0.3 is 0 Å². The van der Waals surface area contributed by atoms with E-state index in [1.165, 1.54) is 174 Å². The summed E-state index contributed by atoms with van der Waals surface area (Å²) in [6.45, 7) is 38.9. The van der Waals surface area contributed by atoms with Crippen LogP contribution in [0.1, 0.15) is 224 Å². The quantitative estimate of drug-likeness (QED) is 0.143. The van der Waals surface area contributed by atoms with Crippen LogP contribution in [0.25, 0.3) is 11.1 Å². The van der Waals surface area contributed by atoms with Gasteiger partial charge < -0.3 is 24.5 Å². The fourth-order valence-corrected chi connectivity index (χ4v) is 21.8. The zero-order valence-corrected chi connectivity index (χ0v) is 77.7. The maximum Gasteiger partial charge on any atom is 0.0754 e. The van der Waals surface area contributed by atoms with Crippen LogP contribution in [0.4, 0.5) is 73.9 Å². The van der Waals surface area contributed by atoms with Crippen molar-refractivity contribution in [1.29, 1.82) is 0 Å². The molecule has 0 atom stereocenters. The van der Waals surface area contributed by atoms with E-state index in [9.17, 15) is 0 Å². The van der Waals surface area contributed by atoms with Crippen molar-refractivity contribution in [3.05, 3.63) is 483 Å². The minimum Gasteiger partial charge on any atom is -0.338 e. The molecular weight excluding hydrogens is 1550 g/mol. The largest absolute Gasteiger partial charge is 0.338 e. The van der Waals surface area contributed by atoms with Gasteiger partial charge in [0.05, 0.1) is 39.5 Å². The fraction of sp³-hybridized carbons (Fsp3) is 0.220. The molecule has 0 aromatic heterocycles. The SMILES string of the molecule is CC(C)N1c2ccccc2C(C)(c2ccccc2)c2ccccc21.CC(C)N1c2ccccc2C2(c3ccccc3-c3ccccc32)c2ccccc21.CC(C)c1ccc(N2c3ccccc3C(C)(C)c3ccccc32)cc1.CC(C)c1cccc(N2c3ccccc3C(C)(C)c3ccccc32)c1.CC(C)c1ccccc1N1c2ccccc2C(C)(C)c2ccccc21. The first-order chi connectivity index (χ1) is 61.9. The summed E-state index contributed by atoms with van der Waals surface area (Å²) in [5.41, 5.74) is 41.1. The smallest absolute Gasteiger partial charge is 0.0754 e. The third kappa shape index (κ3) is 14.4. The average Bonchev–Trinajstić information content (AvgIpc) is 1.61. The maximum absolute atomic E-state index is 2.50. The lowest BCUT2D eigenvalue weighted by Crippen LogP contribution is -2.40. The molecule has 0 fully saturated rings. The first kappa shape index (κ1) is 85.3. The minimum absolute atomic E-state index is 0.000650. The third-order valence-electron chi connectivity index (χ3n) is 28.2. The molecule has 0 amide bonds. The van der Waals surface area contributed by atoms with Crippen molar-refractivity contribution < 1.29 is 0 Å². The molecule has 0 radical (unpaired) electrons. The van der Waals surface area contributed by atoms with Gasteiger partial charge in [-0.2, -0.15) is 0 Å². The molecule has 1 aliphatic carbocycles. The summed E-state index contributed by atoms with van der Waals surface area (Å²) >= 11 is 0. The van der Waals surface area contributed by atoms with Crippen molar-refractivity contribution in [3.8, 4) is 11.1 Å². The van der Waals surface area contributed by atoms with E-state index in [0.717, 1.165) is 0 Å². The number of rotatable bonds is 9. The lowest BCUT2D eigenvalue weighted by atomic mass is 9.64. The highest BCUT2D eigenvalue weighted by atomic mass is 15.2. The number of benzene rings is 16. The van der Waals surface area contributed by atoms with Crippen LogP contribution in [0.15, 0.2) is 394 Å². The summed E-state index contributed by atoms with van der Waals surface area (Å²) in [6.07, 6.45) is 0. The van der Waals surface area contributed by atoms with Gasteiger partial charge in [-0.3, -0.25) is 0 Å². The molecule has 5 aliphatic heterocycles. The van der Waals surface area contributed by atoms with E-state index in [1.807, 2.05) is 0 Å². The standard InChI is InChI=1S/C28H23N.3C24H25N.C23H23N/c1-19(2)29-26-17-9-7-15-24(26)28(25-16-8-10-18-27(25)29)22-13-5-3-11-20(22)21-12-4-6-14-23(21)28;1-17(2)18-11-5-8-14-21(18)25-22-15-9-6-12-19(22)24(3,4)20-13-7-10-16-23(20)25;1-17(2)18-10-9-11-19(16-18)25-22-14-7-5-12-20(22)24(3,4)21-13-6-8-15-23(21)25;1-17(2)18-13-15-19(16-14-18)25-22-11-7-5-9-20(22)24(3,4)21-10-6-8-12-23(21)25;1-17(2)24-21-15-9-7-13-19(21)23(3,18-11-5-4-6-12-18)20-14-8-10-16-22(20)24/h3-19H,1-2H3;3*5-17H,1-4H3;4-17H,1-3H3. The number of hydrogen-bond acceptors (Lipinski definition) is 5. The second-order valence-corrected chi connectivity index (χ2v) is 38.5. The Morgan fingerprint density at radius 3 is 0.828 bits per heavy atom. The van der Waals surface area contributed by atoms with E-state index in [0.29, 0.717) is 29.8 Å². The van der Waals surface area contributed by atoms with Crippen molar-refractivity contribution in [2.24, 2.45) is 0 Å². The number of hydrogen-bond donors (Lipinski definition) is 0. The molecule has 5 nitrogen and oxygen atoms in total. The summed E-state index contributed by atoms with van der Waals surface area (Å²) in [6, 6.07) is 145. The van der Waals surface area contributed by atoms with Crippen LogP contribution < -0.4 is 24.5 Å². The van der Waals surface area contributed by atoms with Crippen molar-refractivity contribution in [2.45, 2.75) is 175 Å². The maximum atomic E-state index is 2.50. The first-order valence-corrected chi connectivity index (χ1v) is 46.4. The number of fused-ring (bicyclic) bond motifs is 17. The summed E-state index contributed by atoms with van der Waals surface area (Å²) in [7, 11) is 0. The lowest BCUT2D eigenvalue weighted by Gasteiger charge is -2.46. The van der Waals surface area contributed by atoms with E-state index in [1.54, 1.807) is 0 Å². The highest BCUT2D eigenvalue weighted by Gasteiger charge is 2.52. The molecule has 5 heteroatoms. The molecule has 16 aromatic rings. The Balaban J connectivity index is 0.000000108. The first-order valence-electron chi connectivity index (χ1n) is 46.4. The molecule has 0 N–H and O–H groups in total. The summed E-state index contributed by atoms with van der Waals surface area (Å²) in [5, 5.41) is 0. The Labute approximate surface area is 762 Å². The van der Waals surface area contributed by atoms with Gasteiger partial charge in [-0.15, -0.1) is 0 Å². The van der Waals surface area contributed by atoms with E-state index in [2.05, 4.69) is 537 Å². The second-order valence-electron chi connectivity index (χ2n) is 38.5. The molecule has 22 rings (SSSR count). The van der Waals surface area contributed by atoms with E-state index in [4.69, 9.17) is 0 Å². The van der Waals surface area contributed by atoms with Crippen molar-refractivity contribution in [1.82, 2.24) is 0 Å². The molecule has 0 saturated heterocycles. The predicted octanol–water partition coefficient (Wildman–Crippen LogP) is 33.6. The van der Waals surface area contributed by atoms with Gasteiger partial charge in [-0.25, -0.2) is 0 Å². The summed E-state index contributed by atoms with van der Waals surface area (Å²) in [4.78, 5) is 12.2. The Kier molecular flexibility index (Phi) is 22.9. The van der Waals surface area contributed by atoms with Crippen molar-refractivity contribution in [2.75, 3.05) is 24.5 Å². The average molecular weight is 1670 g/mol. The number of para-hydroxylation sites is 11. The van der Waals surface area contributed by atoms with Crippen LogP contribution in [-0.2, 0) is 27.1 Å². The highest BCUT2D eigenvalue weighted by Crippen LogP contribution is 2.64. The molecular formula is C123H121N5. The Hall–Kier alpha value is -13.5. The van der Waals surface area contributed by atoms with Crippen molar-refractivity contribution in [3.63, 3.8) is 0 Å². The van der Waals surface area contributed by atoms with Gasteiger partial charge in [0.2, 0.25) is 0 Å². The van der Waals surface area contributed by atoms with Crippen LogP contribution >= 0.6 is 0 Å². The Morgan fingerprint density at radius 1 is 0.195 bits per heavy atom. The molecule has 16 aromatic carbocycles. The molecule has 5 heterocycles. The van der Waals surface area contributed by atoms with Crippen LogP contribution in [0.2, 0.25) is 0 Å². The van der Waals surface area contributed by atoms with Crippen LogP contribution in [0, 0.1) is 0 Å². The van der Waals surface area contributed by atoms with Gasteiger partial charge in [-0.1, -0.05) is 386 Å².